The van der Waals surface area contributed by atoms with E-state index in [2.05, 4.69) is 9.71 Å². The van der Waals surface area contributed by atoms with Crippen LogP contribution in [0.2, 0.25) is 0 Å². The van der Waals surface area contributed by atoms with Gasteiger partial charge in [0.25, 0.3) is 10.0 Å². The normalized spacial score (nSPS) is 11.0. The fourth-order valence-electron chi connectivity index (χ4n) is 2.31. The average Bonchev–Trinajstić information content (AvgIpc) is 2.69. The quantitative estimate of drug-likeness (QED) is 0.659. The molecular formula is C20H18N2O4S. The number of pyridine rings is 1. The molecule has 0 fully saturated rings. The Morgan fingerprint density at radius 3 is 2.33 bits per heavy atom. The number of ether oxygens (including phenoxy) is 1. The molecule has 1 aromatic heterocycles. The molecule has 2 aromatic carbocycles. The number of anilines is 1. The van der Waals surface area contributed by atoms with Gasteiger partial charge in [0.1, 0.15) is 6.61 Å². The van der Waals surface area contributed by atoms with E-state index in [1.54, 1.807) is 36.5 Å². The number of aryl methyl sites for hydroxylation is 1. The summed E-state index contributed by atoms with van der Waals surface area (Å²) in [6.45, 7) is 1.97. The van der Waals surface area contributed by atoms with Gasteiger partial charge in [-0.25, -0.2) is 13.2 Å². The maximum atomic E-state index is 12.4. The van der Waals surface area contributed by atoms with Crippen molar-refractivity contribution in [1.82, 2.24) is 4.98 Å². The van der Waals surface area contributed by atoms with Crippen molar-refractivity contribution in [2.24, 2.45) is 0 Å². The minimum atomic E-state index is -3.74. The fourth-order valence-corrected chi connectivity index (χ4v) is 3.37. The summed E-state index contributed by atoms with van der Waals surface area (Å²) in [5.74, 6) is -0.545. The highest BCUT2D eigenvalue weighted by molar-refractivity contribution is 7.92. The van der Waals surface area contributed by atoms with Gasteiger partial charge in [-0.1, -0.05) is 23.8 Å². The predicted octanol–water partition coefficient (Wildman–Crippen LogP) is 3.55. The lowest BCUT2D eigenvalue weighted by Crippen LogP contribution is -2.13. The van der Waals surface area contributed by atoms with E-state index in [1.165, 1.54) is 24.3 Å². The maximum absolute atomic E-state index is 12.4. The Balaban J connectivity index is 1.66. The molecule has 1 N–H and O–H groups in total. The zero-order valence-electron chi connectivity index (χ0n) is 14.6. The topological polar surface area (TPSA) is 85.4 Å². The Hall–Kier alpha value is -3.19. The first kappa shape index (κ1) is 18.6. The molecule has 0 aliphatic rings. The van der Waals surface area contributed by atoms with Crippen molar-refractivity contribution in [3.8, 4) is 0 Å². The lowest BCUT2D eigenvalue weighted by atomic mass is 10.2. The van der Waals surface area contributed by atoms with Crippen molar-refractivity contribution >= 4 is 21.7 Å². The second kappa shape index (κ2) is 8.01. The zero-order chi connectivity index (χ0) is 19.3. The summed E-state index contributed by atoms with van der Waals surface area (Å²) < 4.78 is 32.6. The number of nitrogens with zero attached hydrogens (tertiary/aromatic N) is 1. The van der Waals surface area contributed by atoms with Crippen LogP contribution in [0.25, 0.3) is 0 Å². The van der Waals surface area contributed by atoms with E-state index in [0.29, 0.717) is 11.4 Å². The Morgan fingerprint density at radius 2 is 1.70 bits per heavy atom. The summed E-state index contributed by atoms with van der Waals surface area (Å²) in [7, 11) is -3.74. The first-order valence-electron chi connectivity index (χ1n) is 8.21. The van der Waals surface area contributed by atoms with Crippen LogP contribution in [0, 0.1) is 6.92 Å². The first-order chi connectivity index (χ1) is 12.9. The summed E-state index contributed by atoms with van der Waals surface area (Å²) in [4.78, 5) is 16.2. The van der Waals surface area contributed by atoms with E-state index in [1.807, 2.05) is 19.1 Å². The summed E-state index contributed by atoms with van der Waals surface area (Å²) >= 11 is 0. The van der Waals surface area contributed by atoms with Gasteiger partial charge in [-0.2, -0.15) is 0 Å². The van der Waals surface area contributed by atoms with E-state index in [0.717, 1.165) is 5.56 Å². The number of nitrogens with one attached hydrogen (secondary N) is 1. The van der Waals surface area contributed by atoms with Gasteiger partial charge in [0.2, 0.25) is 0 Å². The third kappa shape index (κ3) is 4.92. The van der Waals surface area contributed by atoms with Crippen LogP contribution in [-0.2, 0) is 21.4 Å². The number of rotatable bonds is 6. The van der Waals surface area contributed by atoms with Crippen LogP contribution in [0.3, 0.4) is 0 Å². The molecule has 6 nitrogen and oxygen atoms in total. The highest BCUT2D eigenvalue weighted by Gasteiger charge is 2.16. The van der Waals surface area contributed by atoms with Gasteiger partial charge >= 0.3 is 5.97 Å². The average molecular weight is 382 g/mol. The Bertz CT molecular complexity index is 1020. The van der Waals surface area contributed by atoms with Crippen LogP contribution in [0.4, 0.5) is 5.69 Å². The molecule has 0 spiro atoms. The largest absolute Gasteiger partial charge is 0.456 e. The van der Waals surface area contributed by atoms with Crippen molar-refractivity contribution < 1.29 is 17.9 Å². The second-order valence-corrected chi connectivity index (χ2v) is 7.58. The number of hydrogen-bond acceptors (Lipinski definition) is 5. The number of esters is 1. The Labute approximate surface area is 157 Å². The van der Waals surface area contributed by atoms with Crippen molar-refractivity contribution in [3.05, 3.63) is 89.7 Å². The van der Waals surface area contributed by atoms with Gasteiger partial charge in [-0.3, -0.25) is 9.71 Å². The van der Waals surface area contributed by atoms with Crippen LogP contribution >= 0.6 is 0 Å². The molecule has 0 unspecified atom stereocenters. The number of hydrogen-bond donors (Lipinski definition) is 1. The number of aromatic nitrogens is 1. The fraction of sp³-hybridized carbons (Fsp3) is 0.100. The molecule has 0 radical (unpaired) electrons. The van der Waals surface area contributed by atoms with Crippen LogP contribution in [0.1, 0.15) is 21.6 Å². The van der Waals surface area contributed by atoms with Gasteiger partial charge in [-0.15, -0.1) is 0 Å². The van der Waals surface area contributed by atoms with Crippen molar-refractivity contribution in [2.75, 3.05) is 4.72 Å². The Morgan fingerprint density at radius 1 is 1.00 bits per heavy atom. The second-order valence-electron chi connectivity index (χ2n) is 5.89. The standard InChI is InChI=1S/C20H18N2O4S/c1-15-5-9-17(10-6-15)22-27(24,25)19-11-7-16(8-12-19)20(23)26-14-18-4-2-3-13-21-18/h2-13,22H,14H2,1H3. The zero-order valence-corrected chi connectivity index (χ0v) is 15.4. The number of carbonyl (C=O) groups excluding carboxylic acids is 1. The molecule has 0 aliphatic carbocycles. The Kier molecular flexibility index (Phi) is 5.52. The third-order valence-electron chi connectivity index (χ3n) is 3.78. The number of benzene rings is 2. The van der Waals surface area contributed by atoms with Gasteiger partial charge in [-0.05, 0) is 55.5 Å². The third-order valence-corrected chi connectivity index (χ3v) is 5.18. The van der Waals surface area contributed by atoms with E-state index >= 15 is 0 Å². The SMILES string of the molecule is Cc1ccc(NS(=O)(=O)c2ccc(C(=O)OCc3ccccn3)cc2)cc1. The number of sulfonamides is 1. The molecule has 3 rings (SSSR count). The molecule has 7 heteroatoms. The van der Waals surface area contributed by atoms with E-state index < -0.39 is 16.0 Å². The van der Waals surface area contributed by atoms with Crippen molar-refractivity contribution in [3.63, 3.8) is 0 Å². The first-order valence-corrected chi connectivity index (χ1v) is 9.69. The molecule has 138 valence electrons. The van der Waals surface area contributed by atoms with Crippen LogP contribution in [-0.4, -0.2) is 19.4 Å². The van der Waals surface area contributed by atoms with E-state index in [9.17, 15) is 13.2 Å². The molecule has 1 heterocycles. The van der Waals surface area contributed by atoms with Crippen LogP contribution < -0.4 is 4.72 Å². The maximum Gasteiger partial charge on any atom is 0.338 e. The summed E-state index contributed by atoms with van der Waals surface area (Å²) in [6.07, 6.45) is 1.61. The van der Waals surface area contributed by atoms with Crippen molar-refractivity contribution in [1.29, 1.82) is 0 Å². The highest BCUT2D eigenvalue weighted by Crippen LogP contribution is 2.17. The molecule has 0 amide bonds. The predicted molar refractivity (Wildman–Crippen MR) is 102 cm³/mol. The molecule has 0 aliphatic heterocycles. The van der Waals surface area contributed by atoms with Gasteiger partial charge < -0.3 is 4.74 Å². The molecule has 0 saturated carbocycles. The van der Waals surface area contributed by atoms with Gasteiger partial charge in [0.05, 0.1) is 16.2 Å². The monoisotopic (exact) mass is 382 g/mol. The number of carbonyl (C=O) groups is 1. The van der Waals surface area contributed by atoms with Gasteiger partial charge in [0.15, 0.2) is 0 Å². The molecular weight excluding hydrogens is 364 g/mol. The van der Waals surface area contributed by atoms with E-state index in [4.69, 9.17) is 4.74 Å². The van der Waals surface area contributed by atoms with Crippen molar-refractivity contribution in [2.45, 2.75) is 18.4 Å². The summed E-state index contributed by atoms with van der Waals surface area (Å²) in [5.41, 5.74) is 2.40. The minimum absolute atomic E-state index is 0.0503. The molecule has 27 heavy (non-hydrogen) atoms. The minimum Gasteiger partial charge on any atom is -0.456 e. The smallest absolute Gasteiger partial charge is 0.338 e. The summed E-state index contributed by atoms with van der Waals surface area (Å²) in [5, 5.41) is 0. The summed E-state index contributed by atoms with van der Waals surface area (Å²) in [6, 6.07) is 17.9. The highest BCUT2D eigenvalue weighted by atomic mass is 32.2. The van der Waals surface area contributed by atoms with Crippen LogP contribution in [0.15, 0.2) is 77.8 Å². The molecule has 0 atom stereocenters. The van der Waals surface area contributed by atoms with Gasteiger partial charge in [0, 0.05) is 11.9 Å². The molecule has 0 bridgehead atoms. The van der Waals surface area contributed by atoms with E-state index in [-0.39, 0.29) is 17.1 Å². The molecule has 0 saturated heterocycles. The van der Waals surface area contributed by atoms with Crippen LogP contribution in [0.5, 0.6) is 0 Å². The molecule has 3 aromatic rings. The lowest BCUT2D eigenvalue weighted by Gasteiger charge is -2.09. The lowest BCUT2D eigenvalue weighted by molar-refractivity contribution is 0.0467.